The normalized spacial score (nSPS) is 10.8. The molecule has 0 saturated carbocycles. The Kier molecular flexibility index (Phi) is 8.27. The van der Waals surface area contributed by atoms with E-state index in [2.05, 4.69) is 30.4 Å². The lowest BCUT2D eigenvalue weighted by atomic mass is 10.4. The van der Waals surface area contributed by atoms with E-state index in [1.807, 2.05) is 6.92 Å². The monoisotopic (exact) mass is 396 g/mol. The number of thioether (sulfide) groups is 1. The van der Waals surface area contributed by atoms with Gasteiger partial charge in [0.15, 0.2) is 10.8 Å². The van der Waals surface area contributed by atoms with Gasteiger partial charge in [-0.05, 0) is 12.7 Å². The van der Waals surface area contributed by atoms with Crippen molar-refractivity contribution in [3.63, 3.8) is 0 Å². The number of hydrogen-bond donors (Lipinski definition) is 2. The van der Waals surface area contributed by atoms with Crippen LogP contribution in [0, 0.1) is 0 Å². The molecule has 0 atom stereocenters. The lowest BCUT2D eigenvalue weighted by molar-refractivity contribution is -0.154. The van der Waals surface area contributed by atoms with Crippen molar-refractivity contribution in [2.75, 3.05) is 44.5 Å². The maximum absolute atomic E-state index is 11.6. The number of nitrogens with zero attached hydrogens (tertiary/aromatic N) is 4. The number of methoxy groups -OCH3 is 1. The number of hydrogen-bond acceptors (Lipinski definition) is 9. The standard InChI is InChI=1S/C16H24N6O4S/c1-4-26-15(24)14(23)18-6-8-22-13-11(10-19-22)12(17-7-9-25-3)20-16(21-13)27-5-2/h10H,4-9H2,1-3H3,(H,18,23)(H,17,20,21). The van der Waals surface area contributed by atoms with Crippen molar-refractivity contribution < 1.29 is 19.1 Å². The molecule has 0 aliphatic heterocycles. The maximum atomic E-state index is 11.6. The second kappa shape index (κ2) is 10.7. The number of carbonyl (C=O) groups is 2. The Labute approximate surface area is 161 Å². The Bertz CT molecular complexity index is 782. The van der Waals surface area contributed by atoms with E-state index >= 15 is 0 Å². The van der Waals surface area contributed by atoms with Crippen LogP contribution in [0.1, 0.15) is 13.8 Å². The summed E-state index contributed by atoms with van der Waals surface area (Å²) in [6.45, 7) is 5.57. The molecule has 1 amide bonds. The van der Waals surface area contributed by atoms with Crippen molar-refractivity contribution >= 4 is 40.5 Å². The summed E-state index contributed by atoms with van der Waals surface area (Å²) in [6, 6.07) is 0. The van der Waals surface area contributed by atoms with Crippen molar-refractivity contribution in [3.8, 4) is 0 Å². The van der Waals surface area contributed by atoms with Gasteiger partial charge in [-0.1, -0.05) is 18.7 Å². The van der Waals surface area contributed by atoms with Gasteiger partial charge in [0, 0.05) is 20.2 Å². The van der Waals surface area contributed by atoms with E-state index in [-0.39, 0.29) is 13.2 Å². The molecule has 0 saturated heterocycles. The zero-order chi connectivity index (χ0) is 19.6. The molecule has 0 aromatic carbocycles. The highest BCUT2D eigenvalue weighted by atomic mass is 32.2. The Morgan fingerprint density at radius 1 is 1.26 bits per heavy atom. The van der Waals surface area contributed by atoms with Gasteiger partial charge in [-0.3, -0.25) is 4.79 Å². The predicted octanol–water partition coefficient (Wildman–Crippen LogP) is 0.676. The van der Waals surface area contributed by atoms with Gasteiger partial charge in [-0.25, -0.2) is 19.4 Å². The summed E-state index contributed by atoms with van der Waals surface area (Å²) >= 11 is 1.53. The van der Waals surface area contributed by atoms with Gasteiger partial charge in [0.25, 0.3) is 0 Å². The highest BCUT2D eigenvalue weighted by Crippen LogP contribution is 2.24. The molecule has 0 radical (unpaired) electrons. The van der Waals surface area contributed by atoms with Crippen molar-refractivity contribution in [2.24, 2.45) is 0 Å². The van der Waals surface area contributed by atoms with Gasteiger partial charge < -0.3 is 20.1 Å². The van der Waals surface area contributed by atoms with Crippen LogP contribution in [0.15, 0.2) is 11.4 Å². The fourth-order valence-electron chi connectivity index (χ4n) is 2.24. The molecule has 0 aliphatic carbocycles. The van der Waals surface area contributed by atoms with E-state index in [9.17, 15) is 9.59 Å². The first-order valence-electron chi connectivity index (χ1n) is 8.64. The molecule has 148 valence electrons. The van der Waals surface area contributed by atoms with Crippen molar-refractivity contribution in [1.82, 2.24) is 25.1 Å². The molecular weight excluding hydrogens is 372 g/mol. The summed E-state index contributed by atoms with van der Waals surface area (Å²) in [7, 11) is 1.64. The topological polar surface area (TPSA) is 120 Å². The third-order valence-corrected chi connectivity index (χ3v) is 4.15. The zero-order valence-corrected chi connectivity index (χ0v) is 16.5. The average Bonchev–Trinajstić information content (AvgIpc) is 3.05. The third-order valence-electron chi connectivity index (χ3n) is 3.42. The molecule has 27 heavy (non-hydrogen) atoms. The second-order valence-electron chi connectivity index (χ2n) is 5.29. The molecule has 2 aromatic heterocycles. The number of amides is 1. The molecule has 0 fully saturated rings. The first-order chi connectivity index (χ1) is 13.1. The number of anilines is 1. The Balaban J connectivity index is 2.12. The summed E-state index contributed by atoms with van der Waals surface area (Å²) in [5.41, 5.74) is 0.659. The van der Waals surface area contributed by atoms with Crippen LogP contribution >= 0.6 is 11.8 Å². The average molecular weight is 396 g/mol. The lowest BCUT2D eigenvalue weighted by Gasteiger charge is -2.09. The molecule has 0 unspecified atom stereocenters. The SMILES string of the molecule is CCOC(=O)C(=O)NCCn1ncc2c(NCCOC)nc(SCC)nc21. The first-order valence-corrected chi connectivity index (χ1v) is 9.63. The zero-order valence-electron chi connectivity index (χ0n) is 15.7. The fraction of sp³-hybridized carbons (Fsp3) is 0.562. The smallest absolute Gasteiger partial charge is 0.396 e. The molecular formula is C16H24N6O4S. The van der Waals surface area contributed by atoms with Gasteiger partial charge in [-0.2, -0.15) is 5.10 Å². The van der Waals surface area contributed by atoms with E-state index in [4.69, 9.17) is 4.74 Å². The molecule has 11 heteroatoms. The summed E-state index contributed by atoms with van der Waals surface area (Å²) in [4.78, 5) is 32.0. The van der Waals surface area contributed by atoms with Gasteiger partial charge >= 0.3 is 11.9 Å². The molecule has 0 spiro atoms. The van der Waals surface area contributed by atoms with E-state index in [1.54, 1.807) is 24.9 Å². The van der Waals surface area contributed by atoms with Gasteiger partial charge in [-0.15, -0.1) is 0 Å². The highest BCUT2D eigenvalue weighted by molar-refractivity contribution is 7.99. The van der Waals surface area contributed by atoms with Crippen molar-refractivity contribution in [2.45, 2.75) is 25.5 Å². The van der Waals surface area contributed by atoms with Crippen molar-refractivity contribution in [1.29, 1.82) is 0 Å². The van der Waals surface area contributed by atoms with E-state index in [0.29, 0.717) is 36.3 Å². The van der Waals surface area contributed by atoms with E-state index in [1.165, 1.54) is 11.8 Å². The number of ether oxygens (including phenoxy) is 2. The predicted molar refractivity (Wildman–Crippen MR) is 102 cm³/mol. The summed E-state index contributed by atoms with van der Waals surface area (Å²) < 4.78 is 11.4. The lowest BCUT2D eigenvalue weighted by Crippen LogP contribution is -2.34. The molecule has 0 aliphatic rings. The van der Waals surface area contributed by atoms with Crippen molar-refractivity contribution in [3.05, 3.63) is 6.20 Å². The van der Waals surface area contributed by atoms with Crippen LogP contribution in [0.5, 0.6) is 0 Å². The van der Waals surface area contributed by atoms with Crippen LogP contribution in [0.25, 0.3) is 11.0 Å². The first kappa shape index (κ1) is 20.9. The van der Waals surface area contributed by atoms with E-state index in [0.717, 1.165) is 11.1 Å². The highest BCUT2D eigenvalue weighted by Gasteiger charge is 2.15. The van der Waals surface area contributed by atoms with Crippen LogP contribution in [0.2, 0.25) is 0 Å². The van der Waals surface area contributed by atoms with E-state index < -0.39 is 11.9 Å². The molecule has 0 bridgehead atoms. The molecule has 2 N–H and O–H groups in total. The number of carbonyl (C=O) groups excluding carboxylic acids is 2. The van der Waals surface area contributed by atoms with Crippen LogP contribution in [0.4, 0.5) is 5.82 Å². The minimum Gasteiger partial charge on any atom is -0.459 e. The minimum absolute atomic E-state index is 0.156. The number of rotatable bonds is 10. The Morgan fingerprint density at radius 3 is 2.78 bits per heavy atom. The number of fused-ring (bicyclic) bond motifs is 1. The minimum atomic E-state index is -0.892. The van der Waals surface area contributed by atoms with Crippen LogP contribution < -0.4 is 10.6 Å². The molecule has 10 nitrogen and oxygen atoms in total. The summed E-state index contributed by atoms with van der Waals surface area (Å²) in [5, 5.41) is 11.5. The van der Waals surface area contributed by atoms with Crippen LogP contribution in [-0.2, 0) is 25.6 Å². The Hall–Kier alpha value is -2.40. The largest absolute Gasteiger partial charge is 0.459 e. The van der Waals surface area contributed by atoms with Gasteiger partial charge in [0.1, 0.15) is 5.82 Å². The number of nitrogens with one attached hydrogen (secondary N) is 2. The third kappa shape index (κ3) is 5.79. The Morgan fingerprint density at radius 2 is 2.07 bits per heavy atom. The molecule has 2 rings (SSSR count). The molecule has 2 aromatic rings. The summed E-state index contributed by atoms with van der Waals surface area (Å²) in [6.07, 6.45) is 1.68. The maximum Gasteiger partial charge on any atom is 0.396 e. The number of aromatic nitrogens is 4. The van der Waals surface area contributed by atoms with Crippen LogP contribution in [-0.4, -0.2) is 70.8 Å². The number of esters is 1. The quantitative estimate of drug-likeness (QED) is 0.196. The second-order valence-corrected chi connectivity index (χ2v) is 6.52. The fourth-order valence-corrected chi connectivity index (χ4v) is 2.81. The van der Waals surface area contributed by atoms with Gasteiger partial charge in [0.2, 0.25) is 0 Å². The molecule has 2 heterocycles. The van der Waals surface area contributed by atoms with Crippen LogP contribution in [0.3, 0.4) is 0 Å². The summed E-state index contributed by atoms with van der Waals surface area (Å²) in [5.74, 6) is -0.134. The van der Waals surface area contributed by atoms with Gasteiger partial charge in [0.05, 0.1) is 31.3 Å².